The van der Waals surface area contributed by atoms with E-state index in [1.54, 1.807) is 12.1 Å². The van der Waals surface area contributed by atoms with E-state index < -0.39 is 9.22 Å². The van der Waals surface area contributed by atoms with Crippen LogP contribution in [-0.4, -0.2) is 9.22 Å². The third-order valence-corrected chi connectivity index (χ3v) is 1.74. The second kappa shape index (κ2) is 4.58. The van der Waals surface area contributed by atoms with Gasteiger partial charge in [0.1, 0.15) is 5.75 Å². The lowest BCUT2D eigenvalue weighted by Crippen LogP contribution is -2.12. The highest BCUT2D eigenvalue weighted by atomic mass is 35.6. The Morgan fingerprint density at radius 2 is 1.93 bits per heavy atom. The Morgan fingerprint density at radius 3 is 2.43 bits per heavy atom. The van der Waals surface area contributed by atoms with Gasteiger partial charge in [0, 0.05) is 5.56 Å². The molecule has 0 spiro atoms. The van der Waals surface area contributed by atoms with Crippen LogP contribution < -0.4 is 4.74 Å². The van der Waals surface area contributed by atoms with Crippen molar-refractivity contribution in [2.45, 2.75) is 3.98 Å². The Hall–Kier alpha value is -0.150. The molecule has 0 bridgehead atoms. The molecule has 14 heavy (non-hydrogen) atoms. The van der Waals surface area contributed by atoms with Crippen molar-refractivity contribution < 1.29 is 9.53 Å². The first kappa shape index (κ1) is 11.9. The Kier molecular flexibility index (Phi) is 3.90. The average Bonchev–Trinajstić information content (AvgIpc) is 2.01. The van der Waals surface area contributed by atoms with Crippen molar-refractivity contribution in [3.05, 3.63) is 29.8 Å². The first-order valence-electron chi connectivity index (χ1n) is 3.44. The van der Waals surface area contributed by atoms with Gasteiger partial charge in [0.25, 0.3) is 5.24 Å². The summed E-state index contributed by atoms with van der Waals surface area (Å²) in [4.78, 5) is 10.8. The normalized spacial score (nSPS) is 11.1. The lowest BCUT2D eigenvalue weighted by atomic mass is 10.2. The number of halogens is 4. The van der Waals surface area contributed by atoms with Crippen molar-refractivity contribution in [3.8, 4) is 5.75 Å². The predicted octanol–water partition coefficient (Wildman–Crippen LogP) is 3.77. The summed E-state index contributed by atoms with van der Waals surface area (Å²) in [5.41, 5.74) is 0.276. The molecule has 0 aromatic heterocycles. The Labute approximate surface area is 101 Å². The number of rotatable bonds is 2. The van der Waals surface area contributed by atoms with E-state index in [0.717, 1.165) is 0 Å². The van der Waals surface area contributed by atoms with Crippen molar-refractivity contribution in [2.75, 3.05) is 0 Å². The molecular formula is C8H4Cl4O2. The summed E-state index contributed by atoms with van der Waals surface area (Å²) < 4.78 is 3.02. The van der Waals surface area contributed by atoms with Crippen LogP contribution in [0.1, 0.15) is 10.4 Å². The van der Waals surface area contributed by atoms with Gasteiger partial charge in [-0.05, 0) is 64.6 Å². The number of hydrogen-bond donors (Lipinski definition) is 0. The molecule has 0 heterocycles. The Balaban J connectivity index is 2.89. The van der Waals surface area contributed by atoms with Crippen LogP contribution in [0.5, 0.6) is 5.75 Å². The molecule has 76 valence electrons. The number of hydrogen-bond acceptors (Lipinski definition) is 2. The first-order valence-corrected chi connectivity index (χ1v) is 4.95. The molecule has 0 aliphatic heterocycles. The second-order valence-corrected chi connectivity index (χ2v) is 4.87. The van der Waals surface area contributed by atoms with Gasteiger partial charge in [0.05, 0.1) is 0 Å². The maximum atomic E-state index is 10.8. The Morgan fingerprint density at radius 1 is 1.29 bits per heavy atom. The van der Waals surface area contributed by atoms with Crippen LogP contribution in [0.2, 0.25) is 0 Å². The van der Waals surface area contributed by atoms with Crippen LogP contribution >= 0.6 is 46.4 Å². The summed E-state index contributed by atoms with van der Waals surface area (Å²) in [5.74, 6) is 0.261. The monoisotopic (exact) mass is 272 g/mol. The van der Waals surface area contributed by atoms with Crippen molar-refractivity contribution in [1.82, 2.24) is 0 Å². The molecule has 1 aromatic rings. The number of alkyl halides is 3. The molecular weight excluding hydrogens is 270 g/mol. The van der Waals surface area contributed by atoms with E-state index in [4.69, 9.17) is 51.1 Å². The summed E-state index contributed by atoms with van der Waals surface area (Å²) in [6.45, 7) is 0. The lowest BCUT2D eigenvalue weighted by molar-refractivity contribution is 0.108. The quantitative estimate of drug-likeness (QED) is 0.606. The lowest BCUT2D eigenvalue weighted by Gasteiger charge is -2.13. The molecule has 0 amide bonds. The van der Waals surface area contributed by atoms with Crippen molar-refractivity contribution in [3.63, 3.8) is 0 Å². The zero-order valence-electron chi connectivity index (χ0n) is 6.64. The van der Waals surface area contributed by atoms with Crippen LogP contribution in [0.4, 0.5) is 0 Å². The fraction of sp³-hybridized carbons (Fsp3) is 0.125. The topological polar surface area (TPSA) is 26.3 Å². The summed E-state index contributed by atoms with van der Waals surface area (Å²) in [7, 11) is 0. The molecule has 0 saturated heterocycles. The summed E-state index contributed by atoms with van der Waals surface area (Å²) >= 11 is 21.4. The summed E-state index contributed by atoms with van der Waals surface area (Å²) in [6.07, 6.45) is 0. The fourth-order valence-corrected chi connectivity index (χ4v) is 1.20. The van der Waals surface area contributed by atoms with Gasteiger partial charge in [-0.25, -0.2) is 0 Å². The molecule has 0 aliphatic rings. The number of benzene rings is 1. The fourth-order valence-electron chi connectivity index (χ4n) is 0.815. The average molecular weight is 274 g/mol. The number of carbonyl (C=O) groups is 1. The van der Waals surface area contributed by atoms with Crippen LogP contribution in [-0.2, 0) is 0 Å². The van der Waals surface area contributed by atoms with E-state index in [0.29, 0.717) is 0 Å². The molecule has 0 aliphatic carbocycles. The van der Waals surface area contributed by atoms with E-state index in [-0.39, 0.29) is 11.3 Å². The highest BCUT2D eigenvalue weighted by Gasteiger charge is 2.21. The van der Waals surface area contributed by atoms with Gasteiger partial charge in [-0.2, -0.15) is 0 Å². The third-order valence-electron chi connectivity index (χ3n) is 1.29. The van der Waals surface area contributed by atoms with E-state index in [9.17, 15) is 4.79 Å². The van der Waals surface area contributed by atoms with Gasteiger partial charge >= 0.3 is 3.98 Å². The van der Waals surface area contributed by atoms with E-state index in [1.807, 2.05) is 0 Å². The van der Waals surface area contributed by atoms with Gasteiger partial charge in [0.2, 0.25) is 0 Å². The molecule has 0 saturated carbocycles. The zero-order chi connectivity index (χ0) is 10.8. The minimum Gasteiger partial charge on any atom is -0.446 e. The Bertz CT molecular complexity index is 345. The van der Waals surface area contributed by atoms with Gasteiger partial charge in [-0.3, -0.25) is 4.79 Å². The van der Waals surface area contributed by atoms with Crippen molar-refractivity contribution >= 4 is 51.6 Å². The second-order valence-electron chi connectivity index (χ2n) is 2.35. The van der Waals surface area contributed by atoms with Gasteiger partial charge in [-0.1, -0.05) is 6.07 Å². The van der Waals surface area contributed by atoms with Crippen molar-refractivity contribution in [2.24, 2.45) is 0 Å². The molecule has 1 rings (SSSR count). The van der Waals surface area contributed by atoms with Gasteiger partial charge < -0.3 is 4.74 Å². The zero-order valence-corrected chi connectivity index (χ0v) is 9.66. The smallest absolute Gasteiger partial charge is 0.338 e. The molecule has 0 fully saturated rings. The highest BCUT2D eigenvalue weighted by Crippen LogP contribution is 2.30. The molecule has 0 N–H and O–H groups in total. The molecule has 1 aromatic carbocycles. The molecule has 2 nitrogen and oxygen atoms in total. The number of carbonyl (C=O) groups excluding carboxylic acids is 1. The molecule has 0 unspecified atom stereocenters. The summed E-state index contributed by atoms with van der Waals surface area (Å²) in [6, 6.07) is 6.03. The maximum absolute atomic E-state index is 10.8. The minimum absolute atomic E-state index is 0.261. The standard InChI is InChI=1S/C8H4Cl4O2/c9-7(13)5-2-1-3-6(4-5)14-8(10,11)12/h1-4H. The van der Waals surface area contributed by atoms with Crippen LogP contribution in [0, 0.1) is 0 Å². The van der Waals surface area contributed by atoms with E-state index in [2.05, 4.69) is 0 Å². The third kappa shape index (κ3) is 3.93. The van der Waals surface area contributed by atoms with Crippen molar-refractivity contribution in [1.29, 1.82) is 0 Å². The largest absolute Gasteiger partial charge is 0.446 e. The van der Waals surface area contributed by atoms with E-state index >= 15 is 0 Å². The molecule has 6 heteroatoms. The van der Waals surface area contributed by atoms with Crippen LogP contribution in [0.3, 0.4) is 0 Å². The van der Waals surface area contributed by atoms with E-state index in [1.165, 1.54) is 12.1 Å². The van der Waals surface area contributed by atoms with Gasteiger partial charge in [-0.15, -0.1) is 0 Å². The van der Waals surface area contributed by atoms with Gasteiger partial charge in [0.15, 0.2) is 0 Å². The minimum atomic E-state index is -1.85. The summed E-state index contributed by atoms with van der Waals surface area (Å²) in [5, 5.41) is -0.597. The van der Waals surface area contributed by atoms with Crippen LogP contribution in [0.25, 0.3) is 0 Å². The highest BCUT2D eigenvalue weighted by molar-refractivity contribution is 6.68. The maximum Gasteiger partial charge on any atom is 0.338 e. The predicted molar refractivity (Wildman–Crippen MR) is 57.5 cm³/mol. The number of ether oxygens (including phenoxy) is 1. The molecule has 0 radical (unpaired) electrons. The molecule has 0 atom stereocenters. The van der Waals surface area contributed by atoms with Crippen LogP contribution in [0.15, 0.2) is 24.3 Å². The first-order chi connectivity index (χ1) is 6.38. The SMILES string of the molecule is O=C(Cl)c1cccc(OC(Cl)(Cl)Cl)c1.